The van der Waals surface area contributed by atoms with Crippen LogP contribution in [0.5, 0.6) is 5.75 Å². The van der Waals surface area contributed by atoms with Crippen molar-refractivity contribution in [2.24, 2.45) is 4.99 Å². The van der Waals surface area contributed by atoms with Gasteiger partial charge in [-0.1, -0.05) is 90.9 Å². The first-order valence-corrected chi connectivity index (χ1v) is 19.4. The number of piperazine rings is 1. The molecule has 0 spiro atoms. The van der Waals surface area contributed by atoms with Gasteiger partial charge in [0.1, 0.15) is 5.75 Å². The number of hydrogen-bond donors (Lipinski definition) is 0. The van der Waals surface area contributed by atoms with Gasteiger partial charge in [0, 0.05) is 45.1 Å². The van der Waals surface area contributed by atoms with Crippen molar-refractivity contribution in [1.29, 1.82) is 0 Å². The predicted octanol–water partition coefficient (Wildman–Crippen LogP) is 10.8. The van der Waals surface area contributed by atoms with E-state index in [4.69, 9.17) is 37.4 Å². The lowest BCUT2D eigenvalue weighted by molar-refractivity contribution is -0.151. The number of halogens is 2. The van der Waals surface area contributed by atoms with Crippen molar-refractivity contribution in [3.05, 3.63) is 101 Å². The molecule has 0 atom stereocenters. The smallest absolute Gasteiger partial charge is 0.308 e. The Labute approximate surface area is 315 Å². The van der Waals surface area contributed by atoms with Crippen molar-refractivity contribution >= 4 is 46.4 Å². The fourth-order valence-corrected chi connectivity index (χ4v) is 6.34. The number of aliphatic imine (C=N–C) groups is 1. The van der Waals surface area contributed by atoms with E-state index in [0.29, 0.717) is 35.4 Å². The average molecular weight is 737 g/mol. The van der Waals surface area contributed by atoms with Gasteiger partial charge < -0.3 is 19.1 Å². The maximum atomic E-state index is 12.2. The van der Waals surface area contributed by atoms with E-state index in [1.54, 1.807) is 0 Å². The molecule has 0 radical (unpaired) electrons. The highest BCUT2D eigenvalue weighted by Gasteiger charge is 2.20. The Hall–Kier alpha value is -3.52. The molecule has 2 aliphatic heterocycles. The lowest BCUT2D eigenvalue weighted by Crippen LogP contribution is -2.46. The third kappa shape index (κ3) is 15.3. The number of rotatable bonds is 21. The number of unbranched alkanes of at least 4 members (excludes halogenated alkanes) is 3. The number of ether oxygens (including phenoxy) is 3. The molecule has 0 unspecified atom stereocenters. The minimum absolute atomic E-state index is 0.108. The Morgan fingerprint density at radius 3 is 2.33 bits per heavy atom. The highest BCUT2D eigenvalue weighted by atomic mass is 35.5. The minimum atomic E-state index is -0.239. The summed E-state index contributed by atoms with van der Waals surface area (Å²) in [5.74, 6) is 1.16. The van der Waals surface area contributed by atoms with E-state index in [9.17, 15) is 4.79 Å². The summed E-state index contributed by atoms with van der Waals surface area (Å²) < 4.78 is 17.1. The van der Waals surface area contributed by atoms with Crippen LogP contribution in [-0.2, 0) is 20.7 Å². The molecule has 2 aliphatic rings. The van der Waals surface area contributed by atoms with Gasteiger partial charge in [0.2, 0.25) is 6.79 Å². The van der Waals surface area contributed by atoms with Crippen LogP contribution in [0.4, 0.5) is 11.4 Å². The van der Waals surface area contributed by atoms with Crippen molar-refractivity contribution in [3.63, 3.8) is 0 Å². The van der Waals surface area contributed by atoms with Crippen LogP contribution in [0.2, 0.25) is 10.0 Å². The van der Waals surface area contributed by atoms with Crippen LogP contribution in [0.3, 0.4) is 0 Å². The topological polar surface area (TPSA) is 63.6 Å². The van der Waals surface area contributed by atoms with E-state index < -0.39 is 0 Å². The fraction of sp³-hybridized carbons (Fsp3) is 0.476. The quantitative estimate of drug-likeness (QED) is 0.0550. The van der Waals surface area contributed by atoms with Gasteiger partial charge >= 0.3 is 5.97 Å². The number of aryl methyl sites for hydroxylation is 1. The second-order valence-electron chi connectivity index (χ2n) is 12.8. The molecule has 1 saturated heterocycles. The number of nitrogens with zero attached hydrogens (tertiary/aromatic N) is 3. The summed E-state index contributed by atoms with van der Waals surface area (Å²) in [7, 11) is 0. The Morgan fingerprint density at radius 1 is 0.824 bits per heavy atom. The van der Waals surface area contributed by atoms with Gasteiger partial charge in [0.05, 0.1) is 28.0 Å². The molecule has 0 N–H and O–H groups in total. The lowest BCUT2D eigenvalue weighted by atomic mass is 10.0. The van der Waals surface area contributed by atoms with Crippen LogP contribution in [0.15, 0.2) is 90.0 Å². The maximum Gasteiger partial charge on any atom is 0.308 e. The van der Waals surface area contributed by atoms with Crippen LogP contribution < -0.4 is 9.64 Å². The average Bonchev–Trinajstić information content (AvgIpc) is 3.14. The molecule has 7 nitrogen and oxygen atoms in total. The zero-order valence-corrected chi connectivity index (χ0v) is 31.8. The van der Waals surface area contributed by atoms with Crippen molar-refractivity contribution in [1.82, 2.24) is 4.90 Å². The molecule has 276 valence electrons. The zero-order chi connectivity index (χ0) is 35.9. The number of benzene rings is 2. The van der Waals surface area contributed by atoms with Crippen molar-refractivity contribution in [3.8, 4) is 5.75 Å². The predicted molar refractivity (Wildman–Crippen MR) is 213 cm³/mol. The van der Waals surface area contributed by atoms with Crippen LogP contribution in [0.1, 0.15) is 83.1 Å². The third-order valence-corrected chi connectivity index (χ3v) is 9.67. The Morgan fingerprint density at radius 2 is 1.57 bits per heavy atom. The van der Waals surface area contributed by atoms with E-state index in [1.165, 1.54) is 0 Å². The number of carbonyl (C=O) groups is 1. The molecule has 9 heteroatoms. The minimum Gasteiger partial charge on any atom is -0.494 e. The third-order valence-electron chi connectivity index (χ3n) is 8.86. The van der Waals surface area contributed by atoms with Gasteiger partial charge in [-0.25, -0.2) is 4.99 Å². The fourth-order valence-electron chi connectivity index (χ4n) is 5.93. The molecule has 2 aromatic carbocycles. The first-order chi connectivity index (χ1) is 25.0. The summed E-state index contributed by atoms with van der Waals surface area (Å²) in [6.45, 7) is 7.63. The van der Waals surface area contributed by atoms with Gasteiger partial charge in [0.15, 0.2) is 5.90 Å². The van der Waals surface area contributed by atoms with Gasteiger partial charge in [0.25, 0.3) is 0 Å². The molecular formula is C42H55Cl2N3O4. The summed E-state index contributed by atoms with van der Waals surface area (Å²) in [6.07, 6.45) is 28.2. The number of allylic oxidation sites excluding steroid dienone is 8. The highest BCUT2D eigenvalue weighted by molar-refractivity contribution is 6.43. The zero-order valence-electron chi connectivity index (χ0n) is 30.2. The van der Waals surface area contributed by atoms with Gasteiger partial charge in [-0.2, -0.15) is 0 Å². The SMILES string of the molecule is CC/C=C\C/C=C\C/C=C\C/C=C\CCCCC(=O)OCOC1=Nc2cc(OCCCCN3CCN(c4cccc(Cl)c4Cl)CC3)ccc2CC1. The van der Waals surface area contributed by atoms with E-state index in [2.05, 4.69) is 76.4 Å². The number of anilines is 1. The lowest BCUT2D eigenvalue weighted by Gasteiger charge is -2.36. The summed E-state index contributed by atoms with van der Waals surface area (Å²) in [5.41, 5.74) is 3.04. The first kappa shape index (κ1) is 40.3. The Kier molecular flexibility index (Phi) is 18.8. The van der Waals surface area contributed by atoms with Crippen LogP contribution in [0, 0.1) is 0 Å². The van der Waals surface area contributed by atoms with E-state index in [1.807, 2.05) is 30.3 Å². The van der Waals surface area contributed by atoms with Crippen molar-refractivity contribution in [2.45, 2.75) is 84.0 Å². The largest absolute Gasteiger partial charge is 0.494 e. The molecule has 4 rings (SSSR count). The molecule has 2 heterocycles. The molecule has 1 fully saturated rings. The van der Waals surface area contributed by atoms with Crippen molar-refractivity contribution < 1.29 is 19.0 Å². The van der Waals surface area contributed by atoms with Crippen molar-refractivity contribution in [2.75, 3.05) is 51.0 Å². The van der Waals surface area contributed by atoms with Crippen LogP contribution >= 0.6 is 23.2 Å². The van der Waals surface area contributed by atoms with E-state index in [-0.39, 0.29) is 12.8 Å². The Balaban J connectivity index is 1.02. The molecule has 0 aromatic heterocycles. The van der Waals surface area contributed by atoms with Crippen LogP contribution in [0.25, 0.3) is 0 Å². The second-order valence-corrected chi connectivity index (χ2v) is 13.6. The van der Waals surface area contributed by atoms with Gasteiger partial charge in [-0.05, 0) is 94.5 Å². The van der Waals surface area contributed by atoms with Crippen LogP contribution in [-0.4, -0.2) is 62.9 Å². The number of fused-ring (bicyclic) bond motifs is 1. The summed E-state index contributed by atoms with van der Waals surface area (Å²) >= 11 is 12.6. The second kappa shape index (κ2) is 23.9. The van der Waals surface area contributed by atoms with E-state index >= 15 is 0 Å². The molecule has 0 amide bonds. The molecule has 2 aromatic rings. The maximum absolute atomic E-state index is 12.2. The summed E-state index contributed by atoms with van der Waals surface area (Å²) in [4.78, 5) is 21.7. The number of hydrogen-bond acceptors (Lipinski definition) is 7. The number of esters is 1. The normalized spacial score (nSPS) is 15.3. The standard InChI is InChI=1S/C42H55Cl2N3O4/c1-2-3-4-5-6-7-8-9-10-11-12-13-14-15-16-22-41(48)51-34-50-40-26-24-35-23-25-36(33-38(35)45-40)49-32-18-17-27-46-28-30-47(31-29-46)39-21-19-20-37(43)42(39)44/h3-4,6-7,9-10,12-13,19-21,23,25,33H,2,5,8,11,14-18,22,24,26-32,34H2,1H3/b4-3-,7-6-,10-9-,13-12-. The van der Waals surface area contributed by atoms with Gasteiger partial charge in [-0.3, -0.25) is 9.69 Å². The highest BCUT2D eigenvalue weighted by Crippen LogP contribution is 2.33. The molecule has 51 heavy (non-hydrogen) atoms. The van der Waals surface area contributed by atoms with Gasteiger partial charge in [-0.15, -0.1) is 0 Å². The molecule has 0 saturated carbocycles. The monoisotopic (exact) mass is 735 g/mol. The summed E-state index contributed by atoms with van der Waals surface area (Å²) in [5, 5.41) is 1.24. The first-order valence-electron chi connectivity index (χ1n) is 18.7. The van der Waals surface area contributed by atoms with E-state index in [0.717, 1.165) is 120 Å². The Bertz CT molecular complexity index is 1490. The molecule has 0 bridgehead atoms. The molecular weight excluding hydrogens is 681 g/mol. The number of carbonyl (C=O) groups excluding carboxylic acids is 1. The molecule has 0 aliphatic carbocycles. The summed E-state index contributed by atoms with van der Waals surface area (Å²) in [6, 6.07) is 11.9.